The molecule has 6 rings (SSSR count). The molecule has 0 fully saturated rings. The zero-order valence-corrected chi connectivity index (χ0v) is 23.8. The van der Waals surface area contributed by atoms with Crippen molar-refractivity contribution in [3.8, 4) is 17.0 Å². The lowest BCUT2D eigenvalue weighted by atomic mass is 9.77. The van der Waals surface area contributed by atoms with Crippen molar-refractivity contribution in [2.24, 2.45) is 0 Å². The van der Waals surface area contributed by atoms with E-state index in [4.69, 9.17) is 9.84 Å². The molecular weight excluding hydrogens is 520 g/mol. The maximum atomic E-state index is 9.36. The molecule has 0 unspecified atom stereocenters. The van der Waals surface area contributed by atoms with Gasteiger partial charge in [0.05, 0.1) is 18.2 Å². The van der Waals surface area contributed by atoms with Gasteiger partial charge in [-0.15, -0.1) is 0 Å². The summed E-state index contributed by atoms with van der Waals surface area (Å²) >= 11 is 0. The maximum absolute atomic E-state index is 9.36. The number of ether oxygens (including phenoxy) is 1. The van der Waals surface area contributed by atoms with Crippen molar-refractivity contribution in [1.29, 1.82) is 0 Å². The van der Waals surface area contributed by atoms with Crippen LogP contribution in [0.2, 0.25) is 0 Å². The molecule has 2 aromatic heterocycles. The first-order chi connectivity index (χ1) is 20.6. The summed E-state index contributed by atoms with van der Waals surface area (Å²) in [6, 6.07) is 41.8. The number of fused-ring (bicyclic) bond motifs is 1. The Balaban J connectivity index is 1.71. The van der Waals surface area contributed by atoms with Crippen LogP contribution in [0.3, 0.4) is 0 Å². The van der Waals surface area contributed by atoms with Crippen LogP contribution in [0.25, 0.3) is 22.2 Å². The fraction of sp³-hybridized carbons (Fsp3) is 0.167. The van der Waals surface area contributed by atoms with Crippen LogP contribution in [0.4, 0.5) is 5.82 Å². The van der Waals surface area contributed by atoms with E-state index in [9.17, 15) is 5.11 Å². The van der Waals surface area contributed by atoms with E-state index < -0.39 is 5.54 Å². The first-order valence-corrected chi connectivity index (χ1v) is 14.3. The Morgan fingerprint density at radius 2 is 1.38 bits per heavy atom. The number of aliphatic hydroxyl groups excluding tert-OH is 1. The highest BCUT2D eigenvalue weighted by Gasteiger charge is 2.41. The van der Waals surface area contributed by atoms with Gasteiger partial charge in [0.15, 0.2) is 0 Å². The van der Waals surface area contributed by atoms with E-state index >= 15 is 0 Å². The molecule has 0 aliphatic carbocycles. The minimum Gasteiger partial charge on any atom is -0.491 e. The Kier molecular flexibility index (Phi) is 7.71. The van der Waals surface area contributed by atoms with Crippen molar-refractivity contribution in [2.75, 3.05) is 18.5 Å². The van der Waals surface area contributed by atoms with Crippen molar-refractivity contribution < 1.29 is 9.84 Å². The van der Waals surface area contributed by atoms with Crippen molar-refractivity contribution in [3.63, 3.8) is 0 Å². The van der Waals surface area contributed by atoms with Crippen LogP contribution in [-0.4, -0.2) is 39.1 Å². The summed E-state index contributed by atoms with van der Waals surface area (Å²) in [6.07, 6.45) is 1.81. The van der Waals surface area contributed by atoms with Gasteiger partial charge in [-0.3, -0.25) is 0 Å². The lowest BCUT2D eigenvalue weighted by Crippen LogP contribution is -2.38. The average molecular weight is 555 g/mol. The predicted molar refractivity (Wildman–Crippen MR) is 169 cm³/mol. The normalized spacial score (nSPS) is 11.6. The topological polar surface area (TPSA) is 72.2 Å². The lowest BCUT2D eigenvalue weighted by molar-refractivity contribution is 0.243. The number of rotatable bonds is 10. The summed E-state index contributed by atoms with van der Waals surface area (Å²) < 4.78 is 8.31. The number of nitrogens with zero attached hydrogens (tertiary/aromatic N) is 3. The van der Waals surface area contributed by atoms with E-state index in [1.165, 1.54) is 0 Å². The van der Waals surface area contributed by atoms with Crippen LogP contribution in [0.5, 0.6) is 5.75 Å². The molecule has 6 heteroatoms. The molecule has 0 spiro atoms. The zero-order valence-electron chi connectivity index (χ0n) is 23.8. The molecule has 2 heterocycles. The van der Waals surface area contributed by atoms with Crippen LogP contribution in [-0.2, 0) is 5.54 Å². The van der Waals surface area contributed by atoms with Gasteiger partial charge in [-0.2, -0.15) is 5.10 Å². The zero-order chi connectivity index (χ0) is 28.9. The van der Waals surface area contributed by atoms with E-state index in [0.717, 1.165) is 44.6 Å². The minimum absolute atomic E-state index is 0.0209. The van der Waals surface area contributed by atoms with E-state index in [-0.39, 0.29) is 12.7 Å². The molecule has 0 bridgehead atoms. The number of hydrogen-bond acceptors (Lipinski definition) is 5. The van der Waals surface area contributed by atoms with Crippen LogP contribution in [0.1, 0.15) is 30.5 Å². The van der Waals surface area contributed by atoms with Crippen LogP contribution in [0.15, 0.2) is 128 Å². The van der Waals surface area contributed by atoms with Crippen molar-refractivity contribution in [1.82, 2.24) is 14.8 Å². The molecule has 6 nitrogen and oxygen atoms in total. The molecule has 0 saturated heterocycles. The van der Waals surface area contributed by atoms with Crippen LogP contribution >= 0.6 is 0 Å². The SMILES string of the molecule is CC(C)Oc1ccc2c(c1)c(-c1ccnc(NCCO)c1)nn2C(c1ccccc1)(c1ccccc1)c1ccccc1. The van der Waals surface area contributed by atoms with Crippen molar-refractivity contribution in [2.45, 2.75) is 25.5 Å². The van der Waals surface area contributed by atoms with Crippen LogP contribution < -0.4 is 10.1 Å². The Bertz CT molecular complexity index is 1670. The molecule has 0 atom stereocenters. The standard InChI is InChI=1S/C36H34N4O2/c1-26(2)42-31-18-19-33-32(25-31)35(27-20-21-37-34(24-27)38-22-23-41)39-40(33)36(28-12-6-3-7-13-28,29-14-8-4-9-15-29)30-16-10-5-11-17-30/h3-21,24-26,41H,22-23H2,1-2H3,(H,37,38). The largest absolute Gasteiger partial charge is 0.491 e. The van der Waals surface area contributed by atoms with E-state index in [0.29, 0.717) is 12.4 Å². The monoisotopic (exact) mass is 554 g/mol. The molecule has 0 saturated carbocycles. The number of nitrogens with one attached hydrogen (secondary N) is 1. The van der Waals surface area contributed by atoms with E-state index in [1.807, 2.05) is 50.2 Å². The minimum atomic E-state index is -0.772. The molecule has 0 radical (unpaired) electrons. The molecule has 0 aliphatic rings. The van der Waals surface area contributed by atoms with Gasteiger partial charge in [0.2, 0.25) is 0 Å². The fourth-order valence-electron chi connectivity index (χ4n) is 5.68. The van der Waals surface area contributed by atoms with Crippen LogP contribution in [0, 0.1) is 0 Å². The molecule has 42 heavy (non-hydrogen) atoms. The molecular formula is C36H34N4O2. The summed E-state index contributed by atoms with van der Waals surface area (Å²) in [6.45, 7) is 4.49. The summed E-state index contributed by atoms with van der Waals surface area (Å²) in [5, 5.41) is 19.0. The summed E-state index contributed by atoms with van der Waals surface area (Å²) in [4.78, 5) is 4.46. The third-order valence-electron chi connectivity index (χ3n) is 7.37. The van der Waals surface area contributed by atoms with Gasteiger partial charge in [-0.05, 0) is 60.9 Å². The van der Waals surface area contributed by atoms with Gasteiger partial charge in [0.1, 0.15) is 22.8 Å². The predicted octanol–water partition coefficient (Wildman–Crippen LogP) is 7.13. The second kappa shape index (κ2) is 11.9. The average Bonchev–Trinajstić information content (AvgIpc) is 3.41. The Hall–Kier alpha value is -4.94. The third kappa shape index (κ3) is 5.01. The highest BCUT2D eigenvalue weighted by atomic mass is 16.5. The van der Waals surface area contributed by atoms with Gasteiger partial charge < -0.3 is 15.2 Å². The van der Waals surface area contributed by atoms with Gasteiger partial charge in [-0.25, -0.2) is 9.67 Å². The highest BCUT2D eigenvalue weighted by molar-refractivity contribution is 5.95. The molecule has 6 aromatic rings. The Labute approximate surface area is 246 Å². The maximum Gasteiger partial charge on any atom is 0.138 e. The number of anilines is 1. The first-order valence-electron chi connectivity index (χ1n) is 14.3. The highest BCUT2D eigenvalue weighted by Crippen LogP contribution is 2.44. The Morgan fingerprint density at radius 1 is 0.786 bits per heavy atom. The van der Waals surface area contributed by atoms with E-state index in [2.05, 4.69) is 99.9 Å². The van der Waals surface area contributed by atoms with Gasteiger partial charge in [-0.1, -0.05) is 91.0 Å². The number of benzene rings is 4. The van der Waals surface area contributed by atoms with E-state index in [1.54, 1.807) is 6.20 Å². The number of aromatic nitrogens is 3. The summed E-state index contributed by atoms with van der Waals surface area (Å²) in [5.74, 6) is 1.47. The summed E-state index contributed by atoms with van der Waals surface area (Å²) in [7, 11) is 0. The quantitative estimate of drug-likeness (QED) is 0.176. The molecule has 0 amide bonds. The Morgan fingerprint density at radius 3 is 1.93 bits per heavy atom. The molecule has 4 aromatic carbocycles. The fourth-order valence-corrected chi connectivity index (χ4v) is 5.68. The first kappa shape index (κ1) is 27.2. The molecule has 210 valence electrons. The third-order valence-corrected chi connectivity index (χ3v) is 7.37. The number of pyridine rings is 1. The summed E-state index contributed by atoms with van der Waals surface area (Å²) in [5.41, 5.74) is 5.23. The number of aliphatic hydroxyl groups is 1. The van der Waals surface area contributed by atoms with Gasteiger partial charge in [0, 0.05) is 23.7 Å². The van der Waals surface area contributed by atoms with Crippen molar-refractivity contribution in [3.05, 3.63) is 144 Å². The number of hydrogen-bond donors (Lipinski definition) is 2. The molecule has 2 N–H and O–H groups in total. The molecule has 0 aliphatic heterocycles. The lowest BCUT2D eigenvalue weighted by Gasteiger charge is -2.37. The second-order valence-corrected chi connectivity index (χ2v) is 10.5. The van der Waals surface area contributed by atoms with Gasteiger partial charge >= 0.3 is 0 Å². The van der Waals surface area contributed by atoms with Crippen molar-refractivity contribution >= 4 is 16.7 Å². The second-order valence-electron chi connectivity index (χ2n) is 10.5. The van der Waals surface area contributed by atoms with Gasteiger partial charge in [0.25, 0.3) is 0 Å². The smallest absolute Gasteiger partial charge is 0.138 e.